The number of methoxy groups -OCH3 is 1. The second kappa shape index (κ2) is 14.6. The minimum atomic E-state index is -4.39. The van der Waals surface area contributed by atoms with Crippen LogP contribution in [0.1, 0.15) is 37.7 Å². The number of alkyl halides is 3. The molecule has 0 spiro atoms. The van der Waals surface area contributed by atoms with Crippen molar-refractivity contribution < 1.29 is 22.6 Å². The molecule has 0 radical (unpaired) electrons. The van der Waals surface area contributed by atoms with Gasteiger partial charge in [-0.15, -0.1) is 24.0 Å². The summed E-state index contributed by atoms with van der Waals surface area (Å²) < 4.78 is 47.0. The molecule has 1 aliphatic heterocycles. The van der Waals surface area contributed by atoms with Crippen LogP contribution in [0, 0.1) is 0 Å². The molecule has 1 aliphatic rings. The van der Waals surface area contributed by atoms with E-state index in [1.807, 2.05) is 0 Å². The molecule has 1 aromatic rings. The van der Waals surface area contributed by atoms with E-state index in [9.17, 15) is 13.2 Å². The van der Waals surface area contributed by atoms with Gasteiger partial charge >= 0.3 is 6.18 Å². The van der Waals surface area contributed by atoms with Gasteiger partial charge in [-0.25, -0.2) is 0 Å². The van der Waals surface area contributed by atoms with Gasteiger partial charge in [0, 0.05) is 20.1 Å². The number of halogens is 4. The van der Waals surface area contributed by atoms with Crippen LogP contribution in [0.2, 0.25) is 0 Å². The fraction of sp³-hybridized carbons (Fsp3) is 0.667. The highest BCUT2D eigenvalue weighted by Crippen LogP contribution is 2.29. The molecule has 10 heteroatoms. The Balaban J connectivity index is 0.00000480. The fourth-order valence-electron chi connectivity index (χ4n) is 3.38. The van der Waals surface area contributed by atoms with E-state index in [0.717, 1.165) is 25.1 Å². The van der Waals surface area contributed by atoms with E-state index < -0.39 is 12.8 Å². The summed E-state index contributed by atoms with van der Waals surface area (Å²) in [4.78, 5) is 6.75. The number of nitrogens with one attached hydrogen (secondary N) is 2. The number of aliphatic imine (C=N–C) groups is 1. The van der Waals surface area contributed by atoms with Gasteiger partial charge in [-0.1, -0.05) is 18.9 Å². The Morgan fingerprint density at radius 3 is 2.42 bits per heavy atom. The van der Waals surface area contributed by atoms with Crippen LogP contribution in [0.4, 0.5) is 13.2 Å². The van der Waals surface area contributed by atoms with E-state index in [2.05, 4.69) is 20.5 Å². The number of hydrogen-bond donors (Lipinski definition) is 2. The maximum atomic E-state index is 12.4. The van der Waals surface area contributed by atoms with Crippen LogP contribution in [0.5, 0.6) is 11.5 Å². The normalized spacial score (nSPS) is 15.6. The van der Waals surface area contributed by atoms with Gasteiger partial charge in [-0.3, -0.25) is 4.99 Å². The van der Waals surface area contributed by atoms with Crippen LogP contribution in [0.15, 0.2) is 23.2 Å². The number of hydrogen-bond acceptors (Lipinski definition) is 4. The highest BCUT2D eigenvalue weighted by molar-refractivity contribution is 14.0. The van der Waals surface area contributed by atoms with Crippen molar-refractivity contribution in [3.8, 4) is 11.5 Å². The maximum Gasteiger partial charge on any atom is 0.422 e. The van der Waals surface area contributed by atoms with E-state index in [0.29, 0.717) is 12.5 Å². The van der Waals surface area contributed by atoms with Crippen molar-refractivity contribution in [2.45, 2.75) is 44.8 Å². The Hall–Kier alpha value is -1.43. The summed E-state index contributed by atoms with van der Waals surface area (Å²) in [6.07, 6.45) is 1.91. The standard InChI is InChI=1S/C21H33F3N4O2.HI/c1-25-20(26-10-7-13-28-11-5-3-4-6-12-28)27-15-17-8-9-18(19(14-17)29-2)30-16-21(22,23)24;/h8-9,14H,3-7,10-13,15-16H2,1-2H3,(H2,25,26,27);1H. The Morgan fingerprint density at radius 2 is 1.81 bits per heavy atom. The zero-order chi connectivity index (χ0) is 21.8. The van der Waals surface area contributed by atoms with E-state index in [-0.39, 0.29) is 35.5 Å². The number of ether oxygens (including phenoxy) is 2. The Labute approximate surface area is 200 Å². The third kappa shape index (κ3) is 11.1. The van der Waals surface area contributed by atoms with Gasteiger partial charge in [0.15, 0.2) is 24.1 Å². The Bertz CT molecular complexity index is 667. The average molecular weight is 558 g/mol. The lowest BCUT2D eigenvalue weighted by Crippen LogP contribution is -2.38. The molecule has 1 saturated heterocycles. The molecule has 0 bridgehead atoms. The minimum Gasteiger partial charge on any atom is -0.493 e. The van der Waals surface area contributed by atoms with Crippen molar-refractivity contribution in [1.82, 2.24) is 15.5 Å². The largest absolute Gasteiger partial charge is 0.493 e. The molecule has 0 aliphatic carbocycles. The molecule has 2 N–H and O–H groups in total. The van der Waals surface area contributed by atoms with E-state index in [4.69, 9.17) is 9.47 Å². The molecule has 0 amide bonds. The molecule has 0 aromatic heterocycles. The number of likely N-dealkylation sites (tertiary alicyclic amines) is 1. The van der Waals surface area contributed by atoms with Gasteiger partial charge in [0.2, 0.25) is 0 Å². The number of benzene rings is 1. The number of nitrogens with zero attached hydrogens (tertiary/aromatic N) is 2. The summed E-state index contributed by atoms with van der Waals surface area (Å²) >= 11 is 0. The zero-order valence-electron chi connectivity index (χ0n) is 18.3. The predicted molar refractivity (Wildman–Crippen MR) is 128 cm³/mol. The van der Waals surface area contributed by atoms with Gasteiger partial charge < -0.3 is 25.0 Å². The lowest BCUT2D eigenvalue weighted by atomic mass is 10.2. The smallest absolute Gasteiger partial charge is 0.422 e. The summed E-state index contributed by atoms with van der Waals surface area (Å²) in [6.45, 7) is 3.40. The van der Waals surface area contributed by atoms with E-state index >= 15 is 0 Å². The monoisotopic (exact) mass is 558 g/mol. The second-order valence-corrected chi connectivity index (χ2v) is 7.35. The summed E-state index contributed by atoms with van der Waals surface area (Å²) in [7, 11) is 3.11. The van der Waals surface area contributed by atoms with Crippen molar-refractivity contribution in [3.05, 3.63) is 23.8 Å². The SMILES string of the molecule is CN=C(NCCCN1CCCCCC1)NCc1ccc(OCC(F)(F)F)c(OC)c1.I. The molecule has 1 heterocycles. The third-order valence-electron chi connectivity index (χ3n) is 4.95. The Kier molecular flexibility index (Phi) is 13.0. The van der Waals surface area contributed by atoms with Crippen molar-refractivity contribution >= 4 is 29.9 Å². The van der Waals surface area contributed by atoms with Gasteiger partial charge in [0.25, 0.3) is 0 Å². The number of guanidine groups is 1. The summed E-state index contributed by atoms with van der Waals surface area (Å²) in [5.41, 5.74) is 0.846. The lowest BCUT2D eigenvalue weighted by molar-refractivity contribution is -0.153. The summed E-state index contributed by atoms with van der Waals surface area (Å²) in [5.74, 6) is 1.01. The van der Waals surface area contributed by atoms with Crippen molar-refractivity contribution in [3.63, 3.8) is 0 Å². The maximum absolute atomic E-state index is 12.4. The second-order valence-electron chi connectivity index (χ2n) is 7.35. The van der Waals surface area contributed by atoms with Crippen molar-refractivity contribution in [2.24, 2.45) is 4.99 Å². The van der Waals surface area contributed by atoms with E-state index in [1.54, 1.807) is 19.2 Å². The molecule has 0 unspecified atom stereocenters. The molecule has 2 rings (SSSR count). The first-order valence-electron chi connectivity index (χ1n) is 10.4. The summed E-state index contributed by atoms with van der Waals surface area (Å²) in [5, 5.41) is 6.51. The summed E-state index contributed by atoms with van der Waals surface area (Å²) in [6, 6.07) is 4.85. The Morgan fingerprint density at radius 1 is 1.10 bits per heavy atom. The molecular formula is C21H34F3IN4O2. The third-order valence-corrected chi connectivity index (χ3v) is 4.95. The number of rotatable bonds is 9. The van der Waals surface area contributed by atoms with Crippen LogP contribution < -0.4 is 20.1 Å². The van der Waals surface area contributed by atoms with Crippen LogP contribution in [-0.4, -0.2) is 64.0 Å². The van der Waals surface area contributed by atoms with Crippen molar-refractivity contribution in [1.29, 1.82) is 0 Å². The fourth-order valence-corrected chi connectivity index (χ4v) is 3.38. The molecule has 1 aromatic carbocycles. The topological polar surface area (TPSA) is 58.1 Å². The first kappa shape index (κ1) is 27.6. The molecule has 0 atom stereocenters. The van der Waals surface area contributed by atoms with Crippen LogP contribution in [-0.2, 0) is 6.54 Å². The molecule has 1 fully saturated rings. The van der Waals surface area contributed by atoms with Gasteiger partial charge in [0.1, 0.15) is 0 Å². The minimum absolute atomic E-state index is 0. The van der Waals surface area contributed by atoms with Gasteiger partial charge in [-0.05, 0) is 56.6 Å². The van der Waals surface area contributed by atoms with Crippen molar-refractivity contribution in [2.75, 3.05) is 46.9 Å². The lowest BCUT2D eigenvalue weighted by Gasteiger charge is -2.20. The van der Waals surface area contributed by atoms with Crippen LogP contribution in [0.25, 0.3) is 0 Å². The highest BCUT2D eigenvalue weighted by Gasteiger charge is 2.29. The molecule has 0 saturated carbocycles. The van der Waals surface area contributed by atoms with Gasteiger partial charge in [0.05, 0.1) is 7.11 Å². The average Bonchev–Trinajstić information content (AvgIpc) is 3.00. The van der Waals surface area contributed by atoms with E-state index in [1.165, 1.54) is 51.9 Å². The first-order chi connectivity index (χ1) is 14.4. The quantitative estimate of drug-likeness (QED) is 0.206. The van der Waals surface area contributed by atoms with Gasteiger partial charge in [-0.2, -0.15) is 13.2 Å². The molecule has 178 valence electrons. The molecule has 31 heavy (non-hydrogen) atoms. The highest BCUT2D eigenvalue weighted by atomic mass is 127. The van der Waals surface area contributed by atoms with Crippen LogP contribution in [0.3, 0.4) is 0 Å². The predicted octanol–water partition coefficient (Wildman–Crippen LogP) is 4.19. The molecular weight excluding hydrogens is 524 g/mol. The van der Waals surface area contributed by atoms with Crippen LogP contribution >= 0.6 is 24.0 Å². The molecule has 6 nitrogen and oxygen atoms in total. The zero-order valence-corrected chi connectivity index (χ0v) is 20.6. The first-order valence-corrected chi connectivity index (χ1v) is 10.4.